The van der Waals surface area contributed by atoms with Gasteiger partial charge in [0.15, 0.2) is 17.5 Å². The first-order valence-electron chi connectivity index (χ1n) is 14.8. The maximum atomic E-state index is 16.4. The molecule has 1 N–H and O–H groups in total. The van der Waals surface area contributed by atoms with Gasteiger partial charge in [0.2, 0.25) is 0 Å². The Morgan fingerprint density at radius 1 is 1.00 bits per heavy atom. The summed E-state index contributed by atoms with van der Waals surface area (Å²) < 4.78 is 72.8. The second-order valence-electron chi connectivity index (χ2n) is 11.5. The van der Waals surface area contributed by atoms with E-state index >= 15 is 4.39 Å². The summed E-state index contributed by atoms with van der Waals surface area (Å²) in [6.07, 6.45) is 2.68. The molecular formula is C32H39F4N3O4. The van der Waals surface area contributed by atoms with E-state index in [2.05, 4.69) is 14.8 Å². The van der Waals surface area contributed by atoms with Crippen LogP contribution in [0.1, 0.15) is 43.0 Å². The van der Waals surface area contributed by atoms with Crippen molar-refractivity contribution in [2.24, 2.45) is 5.41 Å². The number of piperidine rings is 1. The van der Waals surface area contributed by atoms with Crippen molar-refractivity contribution in [2.45, 2.75) is 38.4 Å². The Hall–Kier alpha value is -2.99. The van der Waals surface area contributed by atoms with Gasteiger partial charge in [0.05, 0.1) is 25.8 Å². The zero-order valence-electron chi connectivity index (χ0n) is 24.5. The van der Waals surface area contributed by atoms with Gasteiger partial charge in [0, 0.05) is 62.1 Å². The van der Waals surface area contributed by atoms with Gasteiger partial charge in [-0.1, -0.05) is 0 Å². The van der Waals surface area contributed by atoms with E-state index in [4.69, 9.17) is 14.2 Å². The van der Waals surface area contributed by atoms with Crippen molar-refractivity contribution in [3.05, 3.63) is 65.1 Å². The lowest BCUT2D eigenvalue weighted by Gasteiger charge is -2.41. The molecule has 2 aromatic carbocycles. The molecule has 2 saturated heterocycles. The molecule has 0 radical (unpaired) electrons. The van der Waals surface area contributed by atoms with Crippen molar-refractivity contribution in [3.8, 4) is 11.5 Å². The third-order valence-electron chi connectivity index (χ3n) is 8.82. The number of aliphatic hydroxyl groups excluding tert-OH is 1. The molecule has 2 fully saturated rings. The first-order chi connectivity index (χ1) is 20.8. The molecule has 7 nitrogen and oxygen atoms in total. The molecule has 1 atom stereocenters. The van der Waals surface area contributed by atoms with Gasteiger partial charge in [-0.15, -0.1) is 0 Å². The number of likely N-dealkylation sites (tertiary alicyclic amines) is 1. The number of aromatic nitrogens is 1. The van der Waals surface area contributed by atoms with Gasteiger partial charge in [-0.05, 0) is 68.0 Å². The Bertz CT molecular complexity index is 1360. The van der Waals surface area contributed by atoms with Crippen LogP contribution in [0, 0.1) is 22.9 Å². The summed E-state index contributed by atoms with van der Waals surface area (Å²) in [5, 5.41) is 11.2. The molecule has 234 valence electrons. The molecule has 1 aromatic heterocycles. The highest BCUT2D eigenvalue weighted by Crippen LogP contribution is 2.41. The van der Waals surface area contributed by atoms with Crippen molar-refractivity contribution in [1.82, 2.24) is 14.8 Å². The van der Waals surface area contributed by atoms with Crippen LogP contribution in [0.4, 0.5) is 17.6 Å². The van der Waals surface area contributed by atoms with Crippen molar-refractivity contribution < 1.29 is 36.9 Å². The SMILES string of the molecule is COc1ccc2ncc(CN3CCOCC3)c([C@@H](F)CCC3(CO)CCN(CCOc4cc(F)c(F)c(F)c4)CC3)c2c1. The molecule has 0 saturated carbocycles. The summed E-state index contributed by atoms with van der Waals surface area (Å²) in [5.41, 5.74) is 1.79. The number of hydrogen-bond acceptors (Lipinski definition) is 7. The maximum Gasteiger partial charge on any atom is 0.194 e. The van der Waals surface area contributed by atoms with Gasteiger partial charge < -0.3 is 19.3 Å². The summed E-state index contributed by atoms with van der Waals surface area (Å²) in [6.45, 7) is 5.41. The van der Waals surface area contributed by atoms with Gasteiger partial charge in [-0.2, -0.15) is 0 Å². The molecular weight excluding hydrogens is 566 g/mol. The van der Waals surface area contributed by atoms with Crippen LogP contribution in [0.2, 0.25) is 0 Å². The summed E-state index contributed by atoms with van der Waals surface area (Å²) >= 11 is 0. The van der Waals surface area contributed by atoms with Gasteiger partial charge in [0.25, 0.3) is 0 Å². The highest BCUT2D eigenvalue weighted by atomic mass is 19.2. The standard InChI is InChI=1S/C32H39F4N3O4/c1-41-23-2-3-29-25(16-23)30(22(19-37-29)20-39-10-13-42-14-11-39)26(33)4-5-32(21-40)6-8-38(9-7-32)12-15-43-24-17-27(34)31(36)28(35)18-24/h2-3,16-19,26,40H,4-15,20-21H2,1H3/t26-/m0/s1. The Labute approximate surface area is 249 Å². The number of rotatable bonds is 12. The lowest BCUT2D eigenvalue weighted by atomic mass is 9.74. The molecule has 0 unspecified atom stereocenters. The predicted molar refractivity (Wildman–Crippen MR) is 154 cm³/mol. The molecule has 0 amide bonds. The lowest BCUT2D eigenvalue weighted by molar-refractivity contribution is 0.0262. The fraction of sp³-hybridized carbons (Fsp3) is 0.531. The Balaban J connectivity index is 1.22. The molecule has 3 aromatic rings. The molecule has 5 rings (SSSR count). The normalized spacial score (nSPS) is 18.6. The number of ether oxygens (including phenoxy) is 3. The first kappa shape index (κ1) is 31.4. The summed E-state index contributed by atoms with van der Waals surface area (Å²) in [7, 11) is 1.59. The number of hydrogen-bond donors (Lipinski definition) is 1. The maximum absolute atomic E-state index is 16.4. The van der Waals surface area contributed by atoms with Crippen LogP contribution in [0.25, 0.3) is 10.9 Å². The summed E-state index contributed by atoms with van der Waals surface area (Å²) in [6, 6.07) is 7.18. The van der Waals surface area contributed by atoms with E-state index in [1.807, 2.05) is 18.2 Å². The van der Waals surface area contributed by atoms with E-state index in [1.54, 1.807) is 13.3 Å². The minimum Gasteiger partial charge on any atom is -0.497 e. The van der Waals surface area contributed by atoms with Gasteiger partial charge in [-0.3, -0.25) is 14.8 Å². The van der Waals surface area contributed by atoms with E-state index in [0.29, 0.717) is 75.5 Å². The minimum absolute atomic E-state index is 0.0380. The third-order valence-corrected chi connectivity index (χ3v) is 8.82. The number of nitrogens with zero attached hydrogens (tertiary/aromatic N) is 3. The fourth-order valence-electron chi connectivity index (χ4n) is 6.08. The van der Waals surface area contributed by atoms with Crippen molar-refractivity contribution in [1.29, 1.82) is 0 Å². The molecule has 11 heteroatoms. The highest BCUT2D eigenvalue weighted by Gasteiger charge is 2.35. The minimum atomic E-state index is -1.52. The largest absolute Gasteiger partial charge is 0.497 e. The number of alkyl halides is 1. The van der Waals surface area contributed by atoms with Crippen LogP contribution < -0.4 is 9.47 Å². The molecule has 3 heterocycles. The van der Waals surface area contributed by atoms with Crippen molar-refractivity contribution in [2.75, 3.05) is 66.3 Å². The third kappa shape index (κ3) is 7.57. The smallest absolute Gasteiger partial charge is 0.194 e. The Morgan fingerprint density at radius 3 is 2.40 bits per heavy atom. The number of benzene rings is 2. The number of fused-ring (bicyclic) bond motifs is 1. The number of pyridine rings is 1. The number of aliphatic hydroxyl groups is 1. The van der Waals surface area contributed by atoms with Crippen molar-refractivity contribution in [3.63, 3.8) is 0 Å². The summed E-state index contributed by atoms with van der Waals surface area (Å²) in [4.78, 5) is 9.01. The molecule has 0 bridgehead atoms. The topological polar surface area (TPSA) is 67.3 Å². The van der Waals surface area contributed by atoms with Crippen LogP contribution >= 0.6 is 0 Å². The van der Waals surface area contributed by atoms with E-state index in [9.17, 15) is 18.3 Å². The van der Waals surface area contributed by atoms with Gasteiger partial charge in [-0.25, -0.2) is 17.6 Å². The monoisotopic (exact) mass is 605 g/mol. The second-order valence-corrected chi connectivity index (χ2v) is 11.5. The predicted octanol–water partition coefficient (Wildman–Crippen LogP) is 5.44. The molecule has 0 spiro atoms. The molecule has 0 aliphatic carbocycles. The quantitative estimate of drug-likeness (QED) is 0.218. The van der Waals surface area contributed by atoms with Crippen LogP contribution in [0.15, 0.2) is 36.5 Å². The fourth-order valence-corrected chi connectivity index (χ4v) is 6.08. The van der Waals surface area contributed by atoms with Crippen LogP contribution in [-0.2, 0) is 11.3 Å². The van der Waals surface area contributed by atoms with Gasteiger partial charge >= 0.3 is 0 Å². The van der Waals surface area contributed by atoms with Crippen LogP contribution in [0.3, 0.4) is 0 Å². The van der Waals surface area contributed by atoms with E-state index in [0.717, 1.165) is 36.2 Å². The van der Waals surface area contributed by atoms with E-state index in [-0.39, 0.29) is 25.4 Å². The Kier molecular flexibility index (Phi) is 10.4. The lowest BCUT2D eigenvalue weighted by Crippen LogP contribution is -2.43. The zero-order valence-corrected chi connectivity index (χ0v) is 24.5. The molecule has 43 heavy (non-hydrogen) atoms. The number of methoxy groups -OCH3 is 1. The number of morpholine rings is 1. The summed E-state index contributed by atoms with van der Waals surface area (Å²) in [5.74, 6) is -3.53. The van der Waals surface area contributed by atoms with E-state index < -0.39 is 29.0 Å². The Morgan fingerprint density at radius 2 is 1.72 bits per heavy atom. The average Bonchev–Trinajstić information content (AvgIpc) is 3.03. The van der Waals surface area contributed by atoms with Gasteiger partial charge in [0.1, 0.15) is 24.3 Å². The van der Waals surface area contributed by atoms with E-state index in [1.165, 1.54) is 0 Å². The highest BCUT2D eigenvalue weighted by molar-refractivity contribution is 5.85. The second kappa shape index (κ2) is 14.2. The van der Waals surface area contributed by atoms with Crippen LogP contribution in [-0.4, -0.2) is 86.2 Å². The number of halogens is 4. The first-order valence-corrected chi connectivity index (χ1v) is 14.8. The van der Waals surface area contributed by atoms with Crippen LogP contribution in [0.5, 0.6) is 11.5 Å². The average molecular weight is 606 g/mol. The van der Waals surface area contributed by atoms with Crippen molar-refractivity contribution >= 4 is 10.9 Å². The molecule has 2 aliphatic heterocycles. The molecule has 2 aliphatic rings. The zero-order chi connectivity index (χ0) is 30.4.